The number of carboxylic acid groups (broad SMARTS) is 1. The summed E-state index contributed by atoms with van der Waals surface area (Å²) in [6.45, 7) is 8.71. The van der Waals surface area contributed by atoms with E-state index in [1.165, 1.54) is 17.7 Å². The van der Waals surface area contributed by atoms with Gasteiger partial charge < -0.3 is 20.7 Å². The molecule has 0 saturated carbocycles. The molecule has 30 heavy (non-hydrogen) atoms. The van der Waals surface area contributed by atoms with Crippen molar-refractivity contribution in [3.63, 3.8) is 0 Å². The van der Waals surface area contributed by atoms with Crippen LogP contribution in [0.2, 0.25) is 0 Å². The third kappa shape index (κ3) is 3.87. The van der Waals surface area contributed by atoms with Crippen LogP contribution in [0.5, 0.6) is 5.75 Å². The highest BCUT2D eigenvalue weighted by Crippen LogP contribution is 2.45. The average molecular weight is 410 g/mol. The Hall–Kier alpha value is -3.35. The number of carbonyl (C=O) groups is 2. The van der Waals surface area contributed by atoms with Gasteiger partial charge in [0.1, 0.15) is 11.3 Å². The van der Waals surface area contributed by atoms with Crippen molar-refractivity contribution in [1.82, 2.24) is 0 Å². The number of fused-ring (bicyclic) bond motifs is 1. The highest BCUT2D eigenvalue weighted by atomic mass is 16.4. The number of aromatic hydroxyl groups is 1. The lowest BCUT2D eigenvalue weighted by Gasteiger charge is -2.42. The van der Waals surface area contributed by atoms with Crippen LogP contribution in [-0.4, -0.2) is 33.0 Å². The maximum Gasteiger partial charge on any atom is 0.339 e. The van der Waals surface area contributed by atoms with Gasteiger partial charge in [-0.1, -0.05) is 45.0 Å². The second-order valence-electron chi connectivity index (χ2n) is 8.97. The number of nitrogens with zero attached hydrogens (tertiary/aromatic N) is 1. The number of carboxylic acids is 1. The lowest BCUT2D eigenvalue weighted by molar-refractivity contribution is -0.110. The van der Waals surface area contributed by atoms with Crippen molar-refractivity contribution >= 4 is 23.3 Å². The fourth-order valence-electron chi connectivity index (χ4n) is 3.95. The van der Waals surface area contributed by atoms with Crippen molar-refractivity contribution in [2.45, 2.75) is 51.4 Å². The summed E-state index contributed by atoms with van der Waals surface area (Å²) in [5, 5.41) is 34.1. The van der Waals surface area contributed by atoms with Crippen molar-refractivity contribution in [3.05, 3.63) is 58.7 Å². The Morgan fingerprint density at radius 3 is 2.17 bits per heavy atom. The molecule has 1 aliphatic rings. The van der Waals surface area contributed by atoms with Crippen LogP contribution in [0.25, 0.3) is 0 Å². The average Bonchev–Trinajstić information content (AvgIpc) is 2.66. The fourth-order valence-corrected chi connectivity index (χ4v) is 3.95. The van der Waals surface area contributed by atoms with Crippen LogP contribution in [-0.2, 0) is 15.6 Å². The molecule has 4 N–H and O–H groups in total. The maximum atomic E-state index is 12.7. The Labute approximate surface area is 175 Å². The fraction of sp³-hybridized carbons (Fsp3) is 0.348. The Kier molecular flexibility index (Phi) is 5.33. The molecule has 0 heterocycles. The second kappa shape index (κ2) is 7.48. The summed E-state index contributed by atoms with van der Waals surface area (Å²) >= 11 is 0. The molecule has 2 aromatic rings. The SMILES string of the molecule is CC1(C)CCC(C)(C)c2cc(C(=NO)C(=O)Nc3ccc(C(=O)O)c(O)c3)ccc21. The number of nitrogens with one attached hydrogen (secondary N) is 1. The molecule has 2 aromatic carbocycles. The first-order valence-electron chi connectivity index (χ1n) is 9.71. The molecule has 1 aliphatic carbocycles. The molecule has 0 spiro atoms. The van der Waals surface area contributed by atoms with E-state index < -0.39 is 17.6 Å². The highest BCUT2D eigenvalue weighted by Gasteiger charge is 2.37. The maximum absolute atomic E-state index is 12.7. The van der Waals surface area contributed by atoms with Crippen molar-refractivity contribution in [1.29, 1.82) is 0 Å². The molecular weight excluding hydrogens is 384 g/mol. The summed E-state index contributed by atoms with van der Waals surface area (Å²) in [4.78, 5) is 23.7. The first-order chi connectivity index (χ1) is 14.0. The lowest BCUT2D eigenvalue weighted by Crippen LogP contribution is -2.34. The topological polar surface area (TPSA) is 119 Å². The Balaban J connectivity index is 1.92. The van der Waals surface area contributed by atoms with Crippen LogP contribution in [0.3, 0.4) is 0 Å². The van der Waals surface area contributed by atoms with Gasteiger partial charge in [-0.3, -0.25) is 4.79 Å². The summed E-state index contributed by atoms with van der Waals surface area (Å²) in [6.07, 6.45) is 2.06. The molecule has 0 aromatic heterocycles. The monoisotopic (exact) mass is 410 g/mol. The molecule has 0 atom stereocenters. The van der Waals surface area contributed by atoms with Crippen LogP contribution in [0.4, 0.5) is 5.69 Å². The number of phenols is 1. The number of anilines is 1. The summed E-state index contributed by atoms with van der Waals surface area (Å²) in [5.41, 5.74) is 2.50. The zero-order chi connectivity index (χ0) is 22.3. The molecule has 3 rings (SSSR count). The van der Waals surface area contributed by atoms with Crippen LogP contribution in [0.15, 0.2) is 41.6 Å². The number of carbonyl (C=O) groups excluding carboxylic acids is 1. The minimum atomic E-state index is -1.28. The zero-order valence-electron chi connectivity index (χ0n) is 17.5. The van der Waals surface area contributed by atoms with Gasteiger partial charge in [0.2, 0.25) is 0 Å². The van der Waals surface area contributed by atoms with Gasteiger partial charge in [-0.2, -0.15) is 0 Å². The van der Waals surface area contributed by atoms with Gasteiger partial charge >= 0.3 is 5.97 Å². The normalized spacial score (nSPS) is 17.1. The minimum Gasteiger partial charge on any atom is -0.507 e. The number of oxime groups is 1. The second-order valence-corrected chi connectivity index (χ2v) is 8.97. The predicted molar refractivity (Wildman–Crippen MR) is 114 cm³/mol. The minimum absolute atomic E-state index is 0.0194. The first kappa shape index (κ1) is 21.4. The van der Waals surface area contributed by atoms with Gasteiger partial charge in [-0.25, -0.2) is 4.79 Å². The third-order valence-corrected chi connectivity index (χ3v) is 5.93. The van der Waals surface area contributed by atoms with Gasteiger partial charge in [0.05, 0.1) is 0 Å². The molecule has 7 nitrogen and oxygen atoms in total. The van der Waals surface area contributed by atoms with E-state index in [1.807, 2.05) is 12.1 Å². The molecular formula is C23H26N2O5. The summed E-state index contributed by atoms with van der Waals surface area (Å²) in [6, 6.07) is 9.32. The predicted octanol–water partition coefficient (Wildman–Crippen LogP) is 4.26. The molecule has 0 fully saturated rings. The van der Waals surface area contributed by atoms with E-state index in [0.717, 1.165) is 24.5 Å². The number of rotatable bonds is 4. The van der Waals surface area contributed by atoms with Crippen LogP contribution in [0.1, 0.15) is 67.6 Å². The molecule has 0 bridgehead atoms. The van der Waals surface area contributed by atoms with Gasteiger partial charge in [-0.05, 0) is 53.0 Å². The molecule has 0 aliphatic heterocycles. The van der Waals surface area contributed by atoms with Gasteiger partial charge in [0.25, 0.3) is 5.91 Å². The summed E-state index contributed by atoms with van der Waals surface area (Å²) < 4.78 is 0. The van der Waals surface area contributed by atoms with Crippen LogP contribution in [0, 0.1) is 0 Å². The third-order valence-electron chi connectivity index (χ3n) is 5.93. The summed E-state index contributed by atoms with van der Waals surface area (Å²) in [5.74, 6) is -2.42. The number of benzene rings is 2. The van der Waals surface area contributed by atoms with Gasteiger partial charge in [0, 0.05) is 17.3 Å². The van der Waals surface area contributed by atoms with Crippen molar-refractivity contribution in [3.8, 4) is 5.75 Å². The zero-order valence-corrected chi connectivity index (χ0v) is 17.5. The molecule has 0 saturated heterocycles. The van der Waals surface area contributed by atoms with Crippen LogP contribution < -0.4 is 5.32 Å². The van der Waals surface area contributed by atoms with Gasteiger partial charge in [0.15, 0.2) is 5.71 Å². The van der Waals surface area contributed by atoms with E-state index in [4.69, 9.17) is 5.11 Å². The number of aromatic carboxylic acids is 1. The van der Waals surface area contributed by atoms with E-state index in [1.54, 1.807) is 6.07 Å². The Morgan fingerprint density at radius 1 is 0.967 bits per heavy atom. The molecule has 158 valence electrons. The Morgan fingerprint density at radius 2 is 1.60 bits per heavy atom. The van der Waals surface area contributed by atoms with E-state index in [0.29, 0.717) is 5.56 Å². The molecule has 1 amide bonds. The van der Waals surface area contributed by atoms with E-state index in [-0.39, 0.29) is 27.8 Å². The molecule has 0 radical (unpaired) electrons. The first-order valence-corrected chi connectivity index (χ1v) is 9.71. The van der Waals surface area contributed by atoms with Gasteiger partial charge in [-0.15, -0.1) is 0 Å². The largest absolute Gasteiger partial charge is 0.507 e. The Bertz CT molecular complexity index is 1050. The number of hydrogen-bond donors (Lipinski definition) is 4. The summed E-state index contributed by atoms with van der Waals surface area (Å²) in [7, 11) is 0. The van der Waals surface area contributed by atoms with Crippen molar-refractivity contribution in [2.75, 3.05) is 5.32 Å². The van der Waals surface area contributed by atoms with Crippen molar-refractivity contribution < 1.29 is 25.0 Å². The highest BCUT2D eigenvalue weighted by molar-refractivity contribution is 6.48. The van der Waals surface area contributed by atoms with E-state index in [2.05, 4.69) is 38.2 Å². The molecule has 7 heteroatoms. The van der Waals surface area contributed by atoms with E-state index >= 15 is 0 Å². The van der Waals surface area contributed by atoms with E-state index in [9.17, 15) is 19.9 Å². The lowest BCUT2D eigenvalue weighted by atomic mass is 9.63. The number of hydrogen-bond acceptors (Lipinski definition) is 5. The van der Waals surface area contributed by atoms with Crippen LogP contribution >= 0.6 is 0 Å². The standard InChI is InChI=1S/C23H26N2O5/c1-22(2)9-10-23(3,4)17-11-13(5-8-16(17)22)19(25-30)20(27)24-14-6-7-15(21(28)29)18(26)12-14/h5-8,11-12,26,30H,9-10H2,1-4H3,(H,24,27)(H,28,29). The quantitative estimate of drug-likeness (QED) is 0.341. The molecule has 0 unspecified atom stereocenters. The van der Waals surface area contributed by atoms with Crippen molar-refractivity contribution in [2.24, 2.45) is 5.16 Å². The smallest absolute Gasteiger partial charge is 0.339 e. The number of amides is 1.